The van der Waals surface area contributed by atoms with Crippen LogP contribution in [0.1, 0.15) is 13.8 Å². The van der Waals surface area contributed by atoms with Crippen molar-refractivity contribution >= 4 is 13.1 Å². The molecule has 0 amide bonds. The van der Waals surface area contributed by atoms with Gasteiger partial charge in [-0.2, -0.15) is 0 Å². The molecule has 0 aliphatic rings. The van der Waals surface area contributed by atoms with Gasteiger partial charge in [-0.3, -0.25) is 4.99 Å². The van der Waals surface area contributed by atoms with Crippen LogP contribution in [0.5, 0.6) is 0 Å². The molecular formula is C8H16N2. The third kappa shape index (κ3) is 69.7. The smallest absolute Gasteiger partial charge is 0.114 e. The molecule has 58 valence electrons. The van der Waals surface area contributed by atoms with Gasteiger partial charge in [0.1, 0.15) is 6.34 Å². The normalized spacial score (nSPS) is 6.20. The summed E-state index contributed by atoms with van der Waals surface area (Å²) in [6.07, 6.45) is 2.72. The molecule has 2 nitrogen and oxygen atoms in total. The van der Waals surface area contributed by atoms with E-state index in [0.29, 0.717) is 0 Å². The van der Waals surface area contributed by atoms with Crippen LogP contribution in [0.25, 0.3) is 0 Å². The Kier molecular flexibility index (Phi) is 72.8. The van der Waals surface area contributed by atoms with E-state index in [9.17, 15) is 0 Å². The highest BCUT2D eigenvalue weighted by atomic mass is 14.8. The van der Waals surface area contributed by atoms with Crippen LogP contribution >= 0.6 is 0 Å². The number of hydrogen-bond donors (Lipinski definition) is 0. The van der Waals surface area contributed by atoms with Crippen LogP contribution in [0.2, 0.25) is 0 Å². The van der Waals surface area contributed by atoms with Gasteiger partial charge in [0.25, 0.3) is 0 Å². The second-order valence-electron chi connectivity index (χ2n) is 0.630. The first-order valence-electron chi connectivity index (χ1n) is 3.00. The molecule has 0 fully saturated rings. The Morgan fingerprint density at radius 2 is 1.60 bits per heavy atom. The molecule has 0 N–H and O–H groups in total. The highest BCUT2D eigenvalue weighted by Crippen LogP contribution is 1.60. The minimum Gasteiger partial charge on any atom is -0.253 e. The van der Waals surface area contributed by atoms with Crippen LogP contribution in [0, 0.1) is 0 Å². The molecule has 0 aromatic rings. The molecule has 0 aliphatic carbocycles. The summed E-state index contributed by atoms with van der Waals surface area (Å²) in [6.45, 7) is 16.5. The van der Waals surface area contributed by atoms with Crippen molar-refractivity contribution in [2.45, 2.75) is 13.8 Å². The van der Waals surface area contributed by atoms with Crippen molar-refractivity contribution in [3.8, 4) is 0 Å². The lowest BCUT2D eigenvalue weighted by Gasteiger charge is -1.63. The Hall–Kier alpha value is -1.18. The quantitative estimate of drug-likeness (QED) is 0.320. The van der Waals surface area contributed by atoms with Crippen LogP contribution in [0.4, 0.5) is 0 Å². The molecule has 0 saturated carbocycles. The van der Waals surface area contributed by atoms with Gasteiger partial charge in [0, 0.05) is 6.20 Å². The first-order chi connectivity index (χ1) is 4.91. The van der Waals surface area contributed by atoms with Crippen molar-refractivity contribution < 1.29 is 0 Å². The lowest BCUT2D eigenvalue weighted by Crippen LogP contribution is -1.53. The van der Waals surface area contributed by atoms with Gasteiger partial charge in [0.2, 0.25) is 0 Å². The lowest BCUT2D eigenvalue weighted by molar-refractivity contribution is 1.50. The first-order valence-corrected chi connectivity index (χ1v) is 3.00. The van der Waals surface area contributed by atoms with E-state index in [1.807, 2.05) is 13.8 Å². The van der Waals surface area contributed by atoms with Crippen molar-refractivity contribution in [3.63, 3.8) is 0 Å². The summed E-state index contributed by atoms with van der Waals surface area (Å²) >= 11 is 0. The maximum absolute atomic E-state index is 3.50. The SMILES string of the molecule is C=C.C=CN=CN=C.CC. The Morgan fingerprint density at radius 1 is 1.20 bits per heavy atom. The summed E-state index contributed by atoms with van der Waals surface area (Å²) in [5, 5.41) is 0. The average Bonchev–Trinajstić information content (AvgIpc) is 2.08. The van der Waals surface area contributed by atoms with Gasteiger partial charge in [-0.25, -0.2) is 4.99 Å². The molecule has 0 radical (unpaired) electrons. The topological polar surface area (TPSA) is 24.7 Å². The summed E-state index contributed by atoms with van der Waals surface area (Å²) < 4.78 is 0. The maximum Gasteiger partial charge on any atom is 0.114 e. The largest absolute Gasteiger partial charge is 0.253 e. The maximum atomic E-state index is 3.50. The fourth-order valence-electron chi connectivity index (χ4n) is 0.0943. The standard InChI is InChI=1S/C4H6N2.C2H6.C2H4/c1-3-6-4-5-2;2*1-2/h3-4H,1-2H2;1-2H3;1-2H2. The number of hydrogen-bond acceptors (Lipinski definition) is 1. The number of nitrogens with zero attached hydrogens (tertiary/aromatic N) is 2. The second kappa shape index (κ2) is 45.7. The predicted octanol–water partition coefficient (Wildman–Crippen LogP) is 2.69. The second-order valence-corrected chi connectivity index (χ2v) is 0.630. The molecule has 0 aromatic carbocycles. The zero-order valence-electron chi connectivity index (χ0n) is 6.88. The Morgan fingerprint density at radius 3 is 1.70 bits per heavy atom. The molecule has 0 heterocycles. The average molecular weight is 140 g/mol. The van der Waals surface area contributed by atoms with E-state index in [2.05, 4.69) is 36.4 Å². The van der Waals surface area contributed by atoms with Crippen LogP contribution in [-0.2, 0) is 0 Å². The van der Waals surface area contributed by atoms with Crippen molar-refractivity contribution in [1.29, 1.82) is 0 Å². The lowest BCUT2D eigenvalue weighted by atomic mass is 11.0. The highest BCUT2D eigenvalue weighted by Gasteiger charge is 1.46. The molecule has 10 heavy (non-hydrogen) atoms. The minimum atomic E-state index is 1.33. The molecule has 0 spiro atoms. The van der Waals surface area contributed by atoms with E-state index in [1.165, 1.54) is 12.5 Å². The van der Waals surface area contributed by atoms with Gasteiger partial charge in [-0.1, -0.05) is 20.4 Å². The van der Waals surface area contributed by atoms with Gasteiger partial charge in [0.05, 0.1) is 0 Å². The van der Waals surface area contributed by atoms with Gasteiger partial charge in [0.15, 0.2) is 0 Å². The zero-order chi connectivity index (χ0) is 8.83. The monoisotopic (exact) mass is 140 g/mol. The summed E-state index contributed by atoms with van der Waals surface area (Å²) in [5.74, 6) is 0. The Balaban J connectivity index is -0.000000105. The van der Waals surface area contributed by atoms with Crippen LogP contribution < -0.4 is 0 Å². The first kappa shape index (κ1) is 15.9. The van der Waals surface area contributed by atoms with Crippen LogP contribution in [0.15, 0.2) is 35.9 Å². The van der Waals surface area contributed by atoms with Crippen molar-refractivity contribution in [1.82, 2.24) is 0 Å². The van der Waals surface area contributed by atoms with E-state index in [1.54, 1.807) is 0 Å². The van der Waals surface area contributed by atoms with E-state index in [4.69, 9.17) is 0 Å². The summed E-state index contributed by atoms with van der Waals surface area (Å²) in [5.41, 5.74) is 0. The number of rotatable bonds is 2. The molecular weight excluding hydrogens is 124 g/mol. The fourth-order valence-corrected chi connectivity index (χ4v) is 0.0943. The predicted molar refractivity (Wildman–Crippen MR) is 50.8 cm³/mol. The van der Waals surface area contributed by atoms with Gasteiger partial charge in [-0.05, 0) is 6.72 Å². The van der Waals surface area contributed by atoms with Gasteiger partial charge < -0.3 is 0 Å². The molecule has 0 unspecified atom stereocenters. The number of aliphatic imine (C=N–C) groups is 2. The van der Waals surface area contributed by atoms with Crippen LogP contribution in [-0.4, -0.2) is 13.1 Å². The third-order valence-corrected chi connectivity index (χ3v) is 0.254. The third-order valence-electron chi connectivity index (χ3n) is 0.254. The van der Waals surface area contributed by atoms with Gasteiger partial charge in [-0.15, -0.1) is 13.2 Å². The molecule has 0 rings (SSSR count). The molecule has 0 aromatic heterocycles. The highest BCUT2D eigenvalue weighted by molar-refractivity contribution is 5.62. The molecule has 0 atom stereocenters. The summed E-state index contributed by atoms with van der Waals surface area (Å²) in [7, 11) is 0. The van der Waals surface area contributed by atoms with E-state index < -0.39 is 0 Å². The fraction of sp³-hybridized carbons (Fsp3) is 0.250. The molecule has 0 saturated heterocycles. The summed E-state index contributed by atoms with van der Waals surface area (Å²) in [6, 6.07) is 0. The molecule has 0 bridgehead atoms. The Labute approximate surface area is 63.7 Å². The van der Waals surface area contributed by atoms with Crippen LogP contribution in [0.3, 0.4) is 0 Å². The van der Waals surface area contributed by atoms with Gasteiger partial charge >= 0.3 is 0 Å². The van der Waals surface area contributed by atoms with E-state index in [0.717, 1.165) is 0 Å². The summed E-state index contributed by atoms with van der Waals surface area (Å²) in [4.78, 5) is 6.81. The van der Waals surface area contributed by atoms with Crippen molar-refractivity contribution in [2.24, 2.45) is 9.98 Å². The van der Waals surface area contributed by atoms with Crippen molar-refractivity contribution in [3.05, 3.63) is 25.9 Å². The molecule has 0 aliphatic heterocycles. The van der Waals surface area contributed by atoms with Crippen molar-refractivity contribution in [2.75, 3.05) is 0 Å². The molecule has 2 heteroatoms. The van der Waals surface area contributed by atoms with E-state index in [-0.39, 0.29) is 0 Å². The Bertz CT molecular complexity index is 75.3. The van der Waals surface area contributed by atoms with E-state index >= 15 is 0 Å². The zero-order valence-corrected chi connectivity index (χ0v) is 6.88. The minimum absolute atomic E-state index is 1.33.